The maximum Gasteiger partial charge on any atom is 0.234 e. The summed E-state index contributed by atoms with van der Waals surface area (Å²) in [6, 6.07) is 15.3. The summed E-state index contributed by atoms with van der Waals surface area (Å²) in [6.07, 6.45) is 3.23. The largest absolute Gasteiger partial charge is 0.497 e. The molecular formula is C21H19N5O2S. The summed E-state index contributed by atoms with van der Waals surface area (Å²) >= 11 is 1.35. The fourth-order valence-electron chi connectivity index (χ4n) is 2.84. The molecule has 0 saturated heterocycles. The number of anilines is 1. The van der Waals surface area contributed by atoms with E-state index in [0.29, 0.717) is 22.1 Å². The molecule has 1 N–H and O–H groups in total. The van der Waals surface area contributed by atoms with Crippen LogP contribution in [0.25, 0.3) is 16.7 Å². The van der Waals surface area contributed by atoms with Gasteiger partial charge in [-0.05, 0) is 31.2 Å². The molecule has 2 aromatic heterocycles. The lowest BCUT2D eigenvalue weighted by Crippen LogP contribution is -2.14. The first-order valence-corrected chi connectivity index (χ1v) is 9.95. The van der Waals surface area contributed by atoms with E-state index in [9.17, 15) is 4.79 Å². The number of carbonyl (C=O) groups excluding carboxylic acids is 1. The van der Waals surface area contributed by atoms with Gasteiger partial charge in [0.1, 0.15) is 17.1 Å². The number of hydrogen-bond donors (Lipinski definition) is 1. The van der Waals surface area contributed by atoms with E-state index in [0.717, 1.165) is 11.1 Å². The number of thioether (sulfide) groups is 1. The molecule has 0 fully saturated rings. The smallest absolute Gasteiger partial charge is 0.234 e. The van der Waals surface area contributed by atoms with Crippen molar-refractivity contribution in [2.75, 3.05) is 18.2 Å². The summed E-state index contributed by atoms with van der Waals surface area (Å²) < 4.78 is 6.95. The molecule has 8 heteroatoms. The second-order valence-electron chi connectivity index (χ2n) is 6.38. The first kappa shape index (κ1) is 18.9. The highest BCUT2D eigenvalue weighted by Crippen LogP contribution is 2.26. The summed E-state index contributed by atoms with van der Waals surface area (Å²) in [4.78, 5) is 21.1. The molecule has 2 aromatic carbocycles. The van der Waals surface area contributed by atoms with Gasteiger partial charge in [0.05, 0.1) is 30.1 Å². The number of nitrogens with zero attached hydrogens (tertiary/aromatic N) is 4. The third-order valence-electron chi connectivity index (χ3n) is 4.30. The Kier molecular flexibility index (Phi) is 5.44. The molecule has 29 heavy (non-hydrogen) atoms. The lowest BCUT2D eigenvalue weighted by atomic mass is 10.2. The van der Waals surface area contributed by atoms with E-state index in [2.05, 4.69) is 20.4 Å². The molecule has 0 spiro atoms. The molecule has 0 radical (unpaired) electrons. The Balaban J connectivity index is 1.49. The van der Waals surface area contributed by atoms with E-state index in [1.54, 1.807) is 24.1 Å². The monoisotopic (exact) mass is 405 g/mol. The Morgan fingerprint density at radius 1 is 1.17 bits per heavy atom. The molecule has 0 atom stereocenters. The molecular weight excluding hydrogens is 386 g/mol. The Labute approximate surface area is 172 Å². The molecule has 146 valence electrons. The highest BCUT2D eigenvalue weighted by Gasteiger charge is 2.13. The van der Waals surface area contributed by atoms with Crippen LogP contribution in [0, 0.1) is 6.92 Å². The molecule has 0 saturated carbocycles. The second-order valence-corrected chi connectivity index (χ2v) is 7.34. The highest BCUT2D eigenvalue weighted by molar-refractivity contribution is 8.00. The number of carbonyl (C=O) groups is 1. The van der Waals surface area contributed by atoms with Gasteiger partial charge in [0.25, 0.3) is 0 Å². The van der Waals surface area contributed by atoms with Gasteiger partial charge in [-0.2, -0.15) is 5.10 Å². The van der Waals surface area contributed by atoms with Crippen molar-refractivity contribution in [1.82, 2.24) is 19.7 Å². The van der Waals surface area contributed by atoms with Gasteiger partial charge in [0.2, 0.25) is 5.91 Å². The van der Waals surface area contributed by atoms with Gasteiger partial charge in [-0.3, -0.25) is 4.79 Å². The zero-order valence-corrected chi connectivity index (χ0v) is 16.8. The zero-order chi connectivity index (χ0) is 20.2. The molecule has 0 aliphatic rings. The number of aromatic nitrogens is 4. The van der Waals surface area contributed by atoms with Crippen molar-refractivity contribution in [2.24, 2.45) is 0 Å². The maximum absolute atomic E-state index is 12.3. The van der Waals surface area contributed by atoms with Crippen LogP contribution in [0.3, 0.4) is 0 Å². The average Bonchev–Trinajstić information content (AvgIpc) is 3.18. The van der Waals surface area contributed by atoms with E-state index in [1.807, 2.05) is 49.4 Å². The molecule has 0 unspecified atom stereocenters. The number of amides is 1. The van der Waals surface area contributed by atoms with Crippen molar-refractivity contribution in [2.45, 2.75) is 11.9 Å². The van der Waals surface area contributed by atoms with Crippen LogP contribution in [0.15, 0.2) is 66.1 Å². The molecule has 0 aliphatic heterocycles. The predicted molar refractivity (Wildman–Crippen MR) is 114 cm³/mol. The van der Waals surface area contributed by atoms with Crippen molar-refractivity contribution in [1.29, 1.82) is 0 Å². The highest BCUT2D eigenvalue weighted by atomic mass is 32.2. The third kappa shape index (κ3) is 4.22. The van der Waals surface area contributed by atoms with Crippen molar-refractivity contribution in [3.63, 3.8) is 0 Å². The van der Waals surface area contributed by atoms with Crippen LogP contribution in [0.1, 0.15) is 5.56 Å². The maximum atomic E-state index is 12.3. The van der Waals surface area contributed by atoms with E-state index < -0.39 is 0 Å². The summed E-state index contributed by atoms with van der Waals surface area (Å²) in [6.45, 7) is 2.04. The van der Waals surface area contributed by atoms with Gasteiger partial charge < -0.3 is 10.1 Å². The van der Waals surface area contributed by atoms with Crippen molar-refractivity contribution in [3.8, 4) is 11.4 Å². The summed E-state index contributed by atoms with van der Waals surface area (Å²) in [5.74, 6) is 0.788. The van der Waals surface area contributed by atoms with E-state index >= 15 is 0 Å². The standard InChI is InChI=1S/C21H19N5O2S/c1-14-6-8-16(9-7-14)26-20-18(11-24-26)21(23-13-22-20)29-12-19(27)25-15-4-3-5-17(10-15)28-2/h3-11,13H,12H2,1-2H3,(H,25,27). The number of ether oxygens (including phenoxy) is 1. The van der Waals surface area contributed by atoms with E-state index in [4.69, 9.17) is 4.74 Å². The summed E-state index contributed by atoms with van der Waals surface area (Å²) in [5.41, 5.74) is 3.50. The Morgan fingerprint density at radius 2 is 2.00 bits per heavy atom. The molecule has 0 bridgehead atoms. The summed E-state index contributed by atoms with van der Waals surface area (Å²) in [5, 5.41) is 8.85. The number of hydrogen-bond acceptors (Lipinski definition) is 6. The summed E-state index contributed by atoms with van der Waals surface area (Å²) in [7, 11) is 1.59. The fraction of sp³-hybridized carbons (Fsp3) is 0.143. The average molecular weight is 405 g/mol. The SMILES string of the molecule is COc1cccc(NC(=O)CSc2ncnc3c2cnn3-c2ccc(C)cc2)c1. The number of fused-ring (bicyclic) bond motifs is 1. The topological polar surface area (TPSA) is 81.9 Å². The molecule has 4 aromatic rings. The van der Waals surface area contributed by atoms with Crippen molar-refractivity contribution in [3.05, 3.63) is 66.6 Å². The Bertz CT molecular complexity index is 1160. The molecule has 2 heterocycles. The number of benzene rings is 2. The second kappa shape index (κ2) is 8.32. The quantitative estimate of drug-likeness (QED) is 0.387. The normalized spacial score (nSPS) is 10.8. The Morgan fingerprint density at radius 3 is 2.79 bits per heavy atom. The number of methoxy groups -OCH3 is 1. The molecule has 1 amide bonds. The van der Waals surface area contributed by atoms with Crippen LogP contribution >= 0.6 is 11.8 Å². The van der Waals surface area contributed by atoms with Gasteiger partial charge in [-0.15, -0.1) is 0 Å². The predicted octanol–water partition coefficient (Wildman–Crippen LogP) is 3.86. The molecule has 7 nitrogen and oxygen atoms in total. The van der Waals surface area contributed by atoms with Crippen LogP contribution in [0.2, 0.25) is 0 Å². The van der Waals surface area contributed by atoms with Crippen LogP contribution < -0.4 is 10.1 Å². The van der Waals surface area contributed by atoms with Gasteiger partial charge >= 0.3 is 0 Å². The van der Waals surface area contributed by atoms with Crippen molar-refractivity contribution < 1.29 is 9.53 Å². The van der Waals surface area contributed by atoms with Crippen LogP contribution in [0.4, 0.5) is 5.69 Å². The first-order valence-electron chi connectivity index (χ1n) is 8.96. The van der Waals surface area contributed by atoms with Crippen molar-refractivity contribution >= 4 is 34.4 Å². The Hall–Kier alpha value is -3.39. The van der Waals surface area contributed by atoms with Gasteiger partial charge in [-0.25, -0.2) is 14.6 Å². The minimum absolute atomic E-state index is 0.124. The lowest BCUT2D eigenvalue weighted by molar-refractivity contribution is -0.113. The minimum atomic E-state index is -0.124. The first-order chi connectivity index (χ1) is 14.1. The van der Waals surface area contributed by atoms with Crippen LogP contribution in [-0.2, 0) is 4.79 Å². The van der Waals surface area contributed by atoms with E-state index in [1.165, 1.54) is 23.7 Å². The third-order valence-corrected chi connectivity index (χ3v) is 5.31. The van der Waals surface area contributed by atoms with Crippen LogP contribution in [0.5, 0.6) is 5.75 Å². The minimum Gasteiger partial charge on any atom is -0.497 e. The van der Waals surface area contributed by atoms with Gasteiger partial charge in [0.15, 0.2) is 5.65 Å². The van der Waals surface area contributed by atoms with Gasteiger partial charge in [-0.1, -0.05) is 35.5 Å². The van der Waals surface area contributed by atoms with Crippen LogP contribution in [-0.4, -0.2) is 38.5 Å². The number of rotatable bonds is 6. The molecule has 0 aliphatic carbocycles. The zero-order valence-electron chi connectivity index (χ0n) is 16.0. The lowest BCUT2D eigenvalue weighted by Gasteiger charge is -2.07. The number of aryl methyl sites for hydroxylation is 1. The fourth-order valence-corrected chi connectivity index (χ4v) is 3.61. The number of nitrogens with one attached hydrogen (secondary N) is 1. The van der Waals surface area contributed by atoms with E-state index in [-0.39, 0.29) is 11.7 Å². The van der Waals surface area contributed by atoms with Gasteiger partial charge in [0, 0.05) is 11.8 Å². The molecule has 4 rings (SSSR count).